The first kappa shape index (κ1) is 16.0. The van der Waals surface area contributed by atoms with Crippen molar-refractivity contribution in [3.8, 4) is 0 Å². The second-order valence-electron chi connectivity index (χ2n) is 5.07. The summed E-state index contributed by atoms with van der Waals surface area (Å²) in [7, 11) is 1.63. The van der Waals surface area contributed by atoms with E-state index in [0.29, 0.717) is 5.69 Å². The van der Waals surface area contributed by atoms with Crippen LogP contribution in [0.3, 0.4) is 0 Å². The van der Waals surface area contributed by atoms with Crippen LogP contribution >= 0.6 is 0 Å². The molecule has 2 rings (SSSR count). The number of rotatable bonds is 5. The predicted octanol–water partition coefficient (Wildman–Crippen LogP) is 0.898. The van der Waals surface area contributed by atoms with Crippen molar-refractivity contribution in [1.82, 2.24) is 9.55 Å². The largest absolute Gasteiger partial charge is 0.378 e. The number of aromatic nitrogens is 2. The molecule has 0 saturated heterocycles. The first-order valence-corrected chi connectivity index (χ1v) is 8.22. The molecule has 22 heavy (non-hydrogen) atoms. The van der Waals surface area contributed by atoms with E-state index in [1.54, 1.807) is 19.2 Å². The van der Waals surface area contributed by atoms with Crippen LogP contribution in [0.4, 0.5) is 11.4 Å². The first-order chi connectivity index (χ1) is 10.3. The highest BCUT2D eigenvalue weighted by Crippen LogP contribution is 2.16. The van der Waals surface area contributed by atoms with Crippen LogP contribution in [0.2, 0.25) is 0 Å². The number of benzene rings is 1. The molecule has 1 amide bonds. The summed E-state index contributed by atoms with van der Waals surface area (Å²) in [6.45, 7) is 0. The average molecular weight is 322 g/mol. The maximum Gasteiger partial charge on any atom is 0.240 e. The van der Waals surface area contributed by atoms with Gasteiger partial charge in [-0.1, -0.05) is 0 Å². The third kappa shape index (κ3) is 3.64. The average Bonchev–Trinajstić information content (AvgIpc) is 2.85. The SMILES string of the molecule is CN(C)c1ccc(NC(=O)CS(=O)(=O)c2nccn2C)cc1. The molecule has 0 unspecified atom stereocenters. The number of anilines is 2. The van der Waals surface area contributed by atoms with Crippen molar-refractivity contribution >= 4 is 27.1 Å². The zero-order valence-corrected chi connectivity index (χ0v) is 13.5. The Morgan fingerprint density at radius 1 is 1.27 bits per heavy atom. The summed E-state index contributed by atoms with van der Waals surface area (Å²) >= 11 is 0. The number of nitrogens with one attached hydrogen (secondary N) is 1. The third-order valence-corrected chi connectivity index (χ3v) is 4.64. The fraction of sp³-hybridized carbons (Fsp3) is 0.286. The summed E-state index contributed by atoms with van der Waals surface area (Å²) in [4.78, 5) is 17.6. The predicted molar refractivity (Wildman–Crippen MR) is 84.7 cm³/mol. The Balaban J connectivity index is 2.05. The van der Waals surface area contributed by atoms with Gasteiger partial charge in [0.05, 0.1) is 0 Å². The number of imidazole rings is 1. The fourth-order valence-corrected chi connectivity index (χ4v) is 3.20. The van der Waals surface area contributed by atoms with E-state index in [0.717, 1.165) is 5.69 Å². The van der Waals surface area contributed by atoms with Gasteiger partial charge in [0.25, 0.3) is 0 Å². The van der Waals surface area contributed by atoms with Gasteiger partial charge < -0.3 is 14.8 Å². The van der Waals surface area contributed by atoms with Crippen molar-refractivity contribution in [3.63, 3.8) is 0 Å². The number of carbonyl (C=O) groups is 1. The fourth-order valence-electron chi connectivity index (χ4n) is 1.93. The highest BCUT2D eigenvalue weighted by atomic mass is 32.2. The lowest BCUT2D eigenvalue weighted by molar-refractivity contribution is -0.113. The highest BCUT2D eigenvalue weighted by molar-refractivity contribution is 7.92. The van der Waals surface area contributed by atoms with Crippen LogP contribution in [0.5, 0.6) is 0 Å². The second kappa shape index (κ2) is 6.18. The summed E-state index contributed by atoms with van der Waals surface area (Å²) < 4.78 is 25.6. The number of sulfone groups is 1. The van der Waals surface area contributed by atoms with Crippen LogP contribution in [0, 0.1) is 0 Å². The summed E-state index contributed by atoms with van der Waals surface area (Å²) in [6, 6.07) is 7.12. The second-order valence-corrected chi connectivity index (χ2v) is 6.95. The smallest absolute Gasteiger partial charge is 0.240 e. The summed E-state index contributed by atoms with van der Waals surface area (Å²) in [5, 5.41) is 2.45. The lowest BCUT2D eigenvalue weighted by atomic mass is 10.2. The van der Waals surface area contributed by atoms with Gasteiger partial charge in [-0.3, -0.25) is 4.79 Å². The Bertz CT molecular complexity index is 764. The molecule has 1 aromatic heterocycles. The van der Waals surface area contributed by atoms with Gasteiger partial charge in [0.1, 0.15) is 5.75 Å². The zero-order valence-electron chi connectivity index (χ0n) is 12.6. The summed E-state index contributed by atoms with van der Waals surface area (Å²) in [6.07, 6.45) is 2.90. The molecule has 0 spiro atoms. The molecule has 0 atom stereocenters. The van der Waals surface area contributed by atoms with Crippen molar-refractivity contribution in [2.75, 3.05) is 30.1 Å². The molecule has 0 fully saturated rings. The number of hydrogen-bond acceptors (Lipinski definition) is 5. The van der Waals surface area contributed by atoms with Crippen molar-refractivity contribution in [3.05, 3.63) is 36.7 Å². The van der Waals surface area contributed by atoms with Gasteiger partial charge in [0.15, 0.2) is 0 Å². The molecular weight excluding hydrogens is 304 g/mol. The normalized spacial score (nSPS) is 11.2. The minimum absolute atomic E-state index is 0.120. The summed E-state index contributed by atoms with van der Waals surface area (Å²) in [5.74, 6) is -1.24. The Morgan fingerprint density at radius 3 is 2.41 bits per heavy atom. The molecular formula is C14H18N4O3S. The van der Waals surface area contributed by atoms with Crippen molar-refractivity contribution in [2.45, 2.75) is 5.16 Å². The molecule has 0 aliphatic carbocycles. The van der Waals surface area contributed by atoms with Gasteiger partial charge in [0, 0.05) is 44.9 Å². The van der Waals surface area contributed by atoms with E-state index in [-0.39, 0.29) is 5.16 Å². The molecule has 1 N–H and O–H groups in total. The van der Waals surface area contributed by atoms with Crippen LogP contribution < -0.4 is 10.2 Å². The van der Waals surface area contributed by atoms with Crippen LogP contribution in [-0.2, 0) is 21.7 Å². The van der Waals surface area contributed by atoms with Gasteiger partial charge in [-0.15, -0.1) is 0 Å². The molecule has 0 saturated carbocycles. The van der Waals surface area contributed by atoms with E-state index in [4.69, 9.17) is 0 Å². The number of hydrogen-bond donors (Lipinski definition) is 1. The van der Waals surface area contributed by atoms with Gasteiger partial charge in [-0.2, -0.15) is 0 Å². The molecule has 8 heteroatoms. The van der Waals surface area contributed by atoms with Crippen molar-refractivity contribution in [1.29, 1.82) is 0 Å². The topological polar surface area (TPSA) is 84.3 Å². The lowest BCUT2D eigenvalue weighted by Gasteiger charge is -2.13. The highest BCUT2D eigenvalue weighted by Gasteiger charge is 2.23. The number of nitrogens with zero attached hydrogens (tertiary/aromatic N) is 3. The Morgan fingerprint density at radius 2 is 1.91 bits per heavy atom. The molecule has 2 aromatic rings. The Hall–Kier alpha value is -2.35. The maximum atomic E-state index is 12.1. The quantitative estimate of drug-likeness (QED) is 0.884. The Kier molecular flexibility index (Phi) is 4.51. The number of amides is 1. The third-order valence-electron chi connectivity index (χ3n) is 3.04. The van der Waals surface area contributed by atoms with E-state index in [9.17, 15) is 13.2 Å². The van der Waals surface area contributed by atoms with E-state index in [1.807, 2.05) is 31.1 Å². The van der Waals surface area contributed by atoms with Crippen LogP contribution in [0.1, 0.15) is 0 Å². The van der Waals surface area contributed by atoms with Gasteiger partial charge in [-0.05, 0) is 24.3 Å². The lowest BCUT2D eigenvalue weighted by Crippen LogP contribution is -2.24. The van der Waals surface area contributed by atoms with Gasteiger partial charge >= 0.3 is 0 Å². The monoisotopic (exact) mass is 322 g/mol. The molecule has 1 heterocycles. The molecule has 118 valence electrons. The zero-order chi connectivity index (χ0) is 16.3. The van der Waals surface area contributed by atoms with Gasteiger partial charge in [0.2, 0.25) is 20.9 Å². The molecule has 0 bridgehead atoms. The summed E-state index contributed by atoms with van der Waals surface area (Å²) in [5.41, 5.74) is 1.53. The van der Waals surface area contributed by atoms with Gasteiger partial charge in [-0.25, -0.2) is 13.4 Å². The molecule has 7 nitrogen and oxygen atoms in total. The standard InChI is InChI=1S/C14H18N4O3S/c1-17(2)12-6-4-11(5-7-12)16-13(19)10-22(20,21)14-15-8-9-18(14)3/h4-9H,10H2,1-3H3,(H,16,19). The van der Waals surface area contributed by atoms with Crippen LogP contribution in [0.25, 0.3) is 0 Å². The minimum Gasteiger partial charge on any atom is -0.378 e. The molecule has 1 aromatic carbocycles. The molecule has 0 aliphatic rings. The maximum absolute atomic E-state index is 12.1. The van der Waals surface area contributed by atoms with Crippen molar-refractivity contribution < 1.29 is 13.2 Å². The van der Waals surface area contributed by atoms with Crippen LogP contribution in [0.15, 0.2) is 41.8 Å². The molecule has 0 aliphatic heterocycles. The number of aryl methyl sites for hydroxylation is 1. The van der Waals surface area contributed by atoms with E-state index < -0.39 is 21.5 Å². The number of carbonyl (C=O) groups excluding carboxylic acids is 1. The van der Waals surface area contributed by atoms with Crippen molar-refractivity contribution in [2.24, 2.45) is 7.05 Å². The van der Waals surface area contributed by atoms with E-state index >= 15 is 0 Å². The van der Waals surface area contributed by atoms with Crippen LogP contribution in [-0.4, -0.2) is 43.7 Å². The minimum atomic E-state index is -3.76. The Labute approximate surface area is 129 Å². The first-order valence-electron chi connectivity index (χ1n) is 6.57. The molecule has 0 radical (unpaired) electrons. The van der Waals surface area contributed by atoms with E-state index in [1.165, 1.54) is 17.0 Å². The van der Waals surface area contributed by atoms with E-state index in [2.05, 4.69) is 10.3 Å².